The number of hydrogen-bond acceptors (Lipinski definition) is 5. The molecule has 140 valence electrons. The van der Waals surface area contributed by atoms with Crippen LogP contribution in [0.4, 0.5) is 0 Å². The molecule has 0 aliphatic carbocycles. The first kappa shape index (κ1) is 17.6. The van der Waals surface area contributed by atoms with Gasteiger partial charge in [0.2, 0.25) is 10.0 Å². The van der Waals surface area contributed by atoms with Crippen molar-refractivity contribution >= 4 is 20.9 Å². The van der Waals surface area contributed by atoms with E-state index in [9.17, 15) is 13.2 Å². The van der Waals surface area contributed by atoms with Crippen molar-refractivity contribution in [2.75, 3.05) is 13.2 Å². The SMILES string of the molecule is Cc1cccc2cc(CNS(=O)(=O)c3ccc4c(c3)OCCO4)c(=O)[nH]c12. The Morgan fingerprint density at radius 2 is 1.85 bits per heavy atom. The molecular weight excluding hydrogens is 368 g/mol. The summed E-state index contributed by atoms with van der Waals surface area (Å²) in [6, 6.07) is 11.8. The van der Waals surface area contributed by atoms with E-state index in [4.69, 9.17) is 9.47 Å². The van der Waals surface area contributed by atoms with Gasteiger partial charge in [-0.25, -0.2) is 13.1 Å². The molecule has 4 rings (SSSR count). The Hall–Kier alpha value is -2.84. The number of pyridine rings is 1. The van der Waals surface area contributed by atoms with Crippen molar-refractivity contribution in [3.8, 4) is 11.5 Å². The molecule has 0 fully saturated rings. The fourth-order valence-corrected chi connectivity index (χ4v) is 4.03. The summed E-state index contributed by atoms with van der Waals surface area (Å²) in [6.07, 6.45) is 0. The first-order chi connectivity index (χ1) is 12.9. The Bertz CT molecular complexity index is 1180. The number of fused-ring (bicyclic) bond motifs is 2. The summed E-state index contributed by atoms with van der Waals surface area (Å²) in [6.45, 7) is 2.59. The molecule has 3 aromatic rings. The number of benzene rings is 2. The molecule has 8 heteroatoms. The molecule has 2 N–H and O–H groups in total. The van der Waals surface area contributed by atoms with Crippen molar-refractivity contribution in [1.29, 1.82) is 0 Å². The van der Waals surface area contributed by atoms with Crippen LogP contribution in [0.15, 0.2) is 52.2 Å². The Kier molecular flexibility index (Phi) is 4.37. The molecular formula is C19H18N2O5S. The number of aromatic amines is 1. The second-order valence-corrected chi connectivity index (χ2v) is 8.06. The van der Waals surface area contributed by atoms with Gasteiger partial charge in [-0.15, -0.1) is 0 Å². The zero-order valence-electron chi connectivity index (χ0n) is 14.6. The van der Waals surface area contributed by atoms with Crippen molar-refractivity contribution in [1.82, 2.24) is 9.71 Å². The first-order valence-electron chi connectivity index (χ1n) is 8.45. The van der Waals surface area contributed by atoms with E-state index in [-0.39, 0.29) is 17.0 Å². The second-order valence-electron chi connectivity index (χ2n) is 6.29. The van der Waals surface area contributed by atoms with Gasteiger partial charge in [-0.3, -0.25) is 4.79 Å². The lowest BCUT2D eigenvalue weighted by Gasteiger charge is -2.18. The van der Waals surface area contributed by atoms with Gasteiger partial charge in [0.15, 0.2) is 11.5 Å². The number of para-hydroxylation sites is 1. The molecule has 1 aromatic heterocycles. The van der Waals surface area contributed by atoms with Gasteiger partial charge >= 0.3 is 0 Å². The minimum absolute atomic E-state index is 0.0554. The van der Waals surface area contributed by atoms with Crippen molar-refractivity contribution in [2.24, 2.45) is 0 Å². The summed E-state index contributed by atoms with van der Waals surface area (Å²) in [4.78, 5) is 15.2. The molecule has 27 heavy (non-hydrogen) atoms. The lowest BCUT2D eigenvalue weighted by molar-refractivity contribution is 0.171. The van der Waals surface area contributed by atoms with Gasteiger partial charge in [0.05, 0.1) is 10.4 Å². The third-order valence-electron chi connectivity index (χ3n) is 4.44. The van der Waals surface area contributed by atoms with Crippen LogP contribution in [0, 0.1) is 6.92 Å². The smallest absolute Gasteiger partial charge is 0.252 e. The van der Waals surface area contributed by atoms with Gasteiger partial charge in [-0.1, -0.05) is 18.2 Å². The maximum atomic E-state index is 12.6. The molecule has 7 nitrogen and oxygen atoms in total. The fraction of sp³-hybridized carbons (Fsp3) is 0.211. The van der Waals surface area contributed by atoms with Gasteiger partial charge in [0.1, 0.15) is 13.2 Å². The summed E-state index contributed by atoms with van der Waals surface area (Å²) >= 11 is 0. The Morgan fingerprint density at radius 3 is 2.67 bits per heavy atom. The minimum atomic E-state index is -3.81. The Morgan fingerprint density at radius 1 is 1.07 bits per heavy atom. The van der Waals surface area contributed by atoms with Crippen molar-refractivity contribution < 1.29 is 17.9 Å². The van der Waals surface area contributed by atoms with Gasteiger partial charge in [0.25, 0.3) is 5.56 Å². The quantitative estimate of drug-likeness (QED) is 0.716. The number of ether oxygens (including phenoxy) is 2. The van der Waals surface area contributed by atoms with Gasteiger partial charge in [-0.05, 0) is 36.1 Å². The van der Waals surface area contributed by atoms with Crippen LogP contribution >= 0.6 is 0 Å². The minimum Gasteiger partial charge on any atom is -0.486 e. The van der Waals surface area contributed by atoms with E-state index in [1.807, 2.05) is 25.1 Å². The van der Waals surface area contributed by atoms with Gasteiger partial charge in [-0.2, -0.15) is 0 Å². The average Bonchev–Trinajstić information content (AvgIpc) is 2.67. The lowest BCUT2D eigenvalue weighted by atomic mass is 10.1. The monoisotopic (exact) mass is 386 g/mol. The number of hydrogen-bond donors (Lipinski definition) is 2. The largest absolute Gasteiger partial charge is 0.486 e. The Labute approximate surface area is 156 Å². The van der Waals surface area contributed by atoms with Crippen LogP contribution in [0.2, 0.25) is 0 Å². The highest BCUT2D eigenvalue weighted by atomic mass is 32.2. The molecule has 0 saturated carbocycles. The highest BCUT2D eigenvalue weighted by Crippen LogP contribution is 2.32. The number of rotatable bonds is 4. The summed E-state index contributed by atoms with van der Waals surface area (Å²) in [7, 11) is -3.81. The molecule has 0 spiro atoms. The highest BCUT2D eigenvalue weighted by Gasteiger charge is 2.19. The maximum absolute atomic E-state index is 12.6. The van der Waals surface area contributed by atoms with Crippen LogP contribution in [-0.4, -0.2) is 26.6 Å². The van der Waals surface area contributed by atoms with E-state index in [0.717, 1.165) is 16.5 Å². The third kappa shape index (κ3) is 3.41. The van der Waals surface area contributed by atoms with E-state index in [1.165, 1.54) is 12.1 Å². The number of aryl methyl sites for hydroxylation is 1. The molecule has 0 bridgehead atoms. The molecule has 0 radical (unpaired) electrons. The number of nitrogens with one attached hydrogen (secondary N) is 2. The third-order valence-corrected chi connectivity index (χ3v) is 5.84. The predicted molar refractivity (Wildman–Crippen MR) is 101 cm³/mol. The zero-order valence-corrected chi connectivity index (χ0v) is 15.4. The van der Waals surface area contributed by atoms with Crippen LogP contribution in [0.3, 0.4) is 0 Å². The van der Waals surface area contributed by atoms with Crippen LogP contribution in [0.1, 0.15) is 11.1 Å². The molecule has 2 aromatic carbocycles. The van der Waals surface area contributed by atoms with E-state index in [1.54, 1.807) is 12.1 Å². The molecule has 0 atom stereocenters. The number of H-pyrrole nitrogens is 1. The van der Waals surface area contributed by atoms with E-state index >= 15 is 0 Å². The van der Waals surface area contributed by atoms with Crippen LogP contribution in [0.25, 0.3) is 10.9 Å². The highest BCUT2D eigenvalue weighted by molar-refractivity contribution is 7.89. The molecule has 1 aliphatic heterocycles. The number of sulfonamides is 1. The summed E-state index contributed by atoms with van der Waals surface area (Å²) in [5, 5.41) is 0.850. The Balaban J connectivity index is 1.60. The van der Waals surface area contributed by atoms with Crippen LogP contribution in [-0.2, 0) is 16.6 Å². The van der Waals surface area contributed by atoms with Crippen LogP contribution in [0.5, 0.6) is 11.5 Å². The standard InChI is InChI=1S/C19H18N2O5S/c1-12-3-2-4-13-9-14(19(22)21-18(12)13)11-20-27(23,24)15-5-6-16-17(10-15)26-8-7-25-16/h2-6,9-10,20H,7-8,11H2,1H3,(H,21,22). The normalized spacial score (nSPS) is 13.7. The molecule has 0 saturated heterocycles. The van der Waals surface area contributed by atoms with Crippen molar-refractivity contribution in [3.63, 3.8) is 0 Å². The molecule has 0 amide bonds. The van der Waals surface area contributed by atoms with E-state index < -0.39 is 10.0 Å². The second kappa shape index (κ2) is 6.71. The fourth-order valence-electron chi connectivity index (χ4n) is 3.01. The summed E-state index contributed by atoms with van der Waals surface area (Å²) < 4.78 is 38.5. The molecule has 0 unspecified atom stereocenters. The lowest BCUT2D eigenvalue weighted by Crippen LogP contribution is -2.27. The van der Waals surface area contributed by atoms with Gasteiger partial charge < -0.3 is 14.5 Å². The van der Waals surface area contributed by atoms with Gasteiger partial charge in [0, 0.05) is 18.2 Å². The van der Waals surface area contributed by atoms with Crippen molar-refractivity contribution in [3.05, 3.63) is 63.9 Å². The summed E-state index contributed by atoms with van der Waals surface area (Å²) in [5.41, 5.74) is 1.73. The van der Waals surface area contributed by atoms with E-state index in [2.05, 4.69) is 9.71 Å². The summed E-state index contributed by atoms with van der Waals surface area (Å²) in [5.74, 6) is 0.907. The van der Waals surface area contributed by atoms with Crippen LogP contribution < -0.4 is 19.8 Å². The van der Waals surface area contributed by atoms with E-state index in [0.29, 0.717) is 30.3 Å². The first-order valence-corrected chi connectivity index (χ1v) is 9.93. The average molecular weight is 386 g/mol. The topological polar surface area (TPSA) is 97.5 Å². The van der Waals surface area contributed by atoms with Crippen molar-refractivity contribution in [2.45, 2.75) is 18.4 Å². The molecule has 2 heterocycles. The predicted octanol–water partition coefficient (Wildman–Crippen LogP) is 2.09. The number of aromatic nitrogens is 1. The maximum Gasteiger partial charge on any atom is 0.252 e. The zero-order chi connectivity index (χ0) is 19.0. The molecule has 1 aliphatic rings.